The van der Waals surface area contributed by atoms with Gasteiger partial charge in [0.25, 0.3) is 5.91 Å². The van der Waals surface area contributed by atoms with Gasteiger partial charge in [0.15, 0.2) is 0 Å². The second-order valence-electron chi connectivity index (χ2n) is 6.03. The number of carboxylic acids is 1. The van der Waals surface area contributed by atoms with E-state index < -0.39 is 17.9 Å². The van der Waals surface area contributed by atoms with Gasteiger partial charge in [-0.05, 0) is 30.2 Å². The van der Waals surface area contributed by atoms with Gasteiger partial charge in [-0.1, -0.05) is 48.0 Å². The van der Waals surface area contributed by atoms with Crippen LogP contribution in [-0.4, -0.2) is 22.0 Å². The fraction of sp³-hybridized carbons (Fsp3) is 0.150. The predicted octanol–water partition coefficient (Wildman–Crippen LogP) is 4.72. The molecule has 0 fully saturated rings. The number of hydrogen-bond donors (Lipinski definition) is 2. The molecule has 1 aromatic heterocycles. The Hall–Kier alpha value is -2.70. The van der Waals surface area contributed by atoms with Crippen LogP contribution in [0.25, 0.3) is 10.6 Å². The molecule has 2 N–H and O–H groups in total. The van der Waals surface area contributed by atoms with Crippen molar-refractivity contribution in [3.8, 4) is 10.6 Å². The summed E-state index contributed by atoms with van der Waals surface area (Å²) in [5.74, 6) is -1.38. The Kier molecular flexibility index (Phi) is 5.88. The van der Waals surface area contributed by atoms with Crippen LogP contribution in [0.1, 0.15) is 34.1 Å². The first kappa shape index (κ1) is 19.1. The lowest BCUT2D eigenvalue weighted by atomic mass is 9.98. The van der Waals surface area contributed by atoms with Gasteiger partial charge in [-0.25, -0.2) is 4.98 Å². The number of aliphatic carboxylic acids is 1. The smallest absolute Gasteiger partial charge is 0.305 e. The van der Waals surface area contributed by atoms with Gasteiger partial charge in [0.1, 0.15) is 10.7 Å². The SMILES string of the molecule is Cc1ccccc1[C@H](CC(=O)O)NC(=O)c1csc(-c2ccc(Cl)cc2)n1. The van der Waals surface area contributed by atoms with Gasteiger partial charge >= 0.3 is 5.97 Å². The van der Waals surface area contributed by atoms with Gasteiger partial charge in [-0.15, -0.1) is 11.3 Å². The molecule has 0 aliphatic rings. The molecule has 5 nitrogen and oxygen atoms in total. The lowest BCUT2D eigenvalue weighted by molar-refractivity contribution is -0.137. The minimum atomic E-state index is -0.983. The largest absolute Gasteiger partial charge is 0.481 e. The standard InChI is InChI=1S/C20H17ClN2O3S/c1-12-4-2-3-5-15(12)16(10-18(24)25)22-19(26)17-11-27-20(23-17)13-6-8-14(21)9-7-13/h2-9,11,16H,10H2,1H3,(H,22,26)(H,24,25)/t16-/m0/s1. The molecular weight excluding hydrogens is 384 g/mol. The summed E-state index contributed by atoms with van der Waals surface area (Å²) in [6.07, 6.45) is -0.204. The number of halogens is 1. The summed E-state index contributed by atoms with van der Waals surface area (Å²) in [5, 5.41) is 15.0. The van der Waals surface area contributed by atoms with Crippen LogP contribution in [0.2, 0.25) is 5.02 Å². The maximum Gasteiger partial charge on any atom is 0.305 e. The predicted molar refractivity (Wildman–Crippen MR) is 106 cm³/mol. The average Bonchev–Trinajstić information content (AvgIpc) is 3.12. The van der Waals surface area contributed by atoms with E-state index in [1.807, 2.05) is 43.3 Å². The van der Waals surface area contributed by atoms with Crippen LogP contribution in [0.5, 0.6) is 0 Å². The summed E-state index contributed by atoms with van der Waals surface area (Å²) in [6, 6.07) is 14.0. The Morgan fingerprint density at radius 3 is 2.56 bits per heavy atom. The third-order valence-corrected chi connectivity index (χ3v) is 5.22. The molecule has 2 aromatic carbocycles. The number of rotatable bonds is 6. The summed E-state index contributed by atoms with van der Waals surface area (Å²) < 4.78 is 0. The van der Waals surface area contributed by atoms with Crippen molar-refractivity contribution in [3.63, 3.8) is 0 Å². The van der Waals surface area contributed by atoms with E-state index in [1.54, 1.807) is 17.5 Å². The van der Waals surface area contributed by atoms with Crippen LogP contribution in [0, 0.1) is 6.92 Å². The minimum Gasteiger partial charge on any atom is -0.481 e. The van der Waals surface area contributed by atoms with Crippen molar-refractivity contribution in [2.75, 3.05) is 0 Å². The maximum atomic E-state index is 12.6. The molecule has 138 valence electrons. The topological polar surface area (TPSA) is 79.3 Å². The zero-order valence-corrected chi connectivity index (χ0v) is 16.1. The molecule has 0 aliphatic carbocycles. The Labute approximate surface area is 165 Å². The highest BCUT2D eigenvalue weighted by Gasteiger charge is 2.21. The van der Waals surface area contributed by atoms with Crippen molar-refractivity contribution >= 4 is 34.8 Å². The van der Waals surface area contributed by atoms with Gasteiger partial charge < -0.3 is 10.4 Å². The van der Waals surface area contributed by atoms with E-state index in [2.05, 4.69) is 10.3 Å². The summed E-state index contributed by atoms with van der Waals surface area (Å²) in [5.41, 5.74) is 2.82. The Balaban J connectivity index is 1.81. The minimum absolute atomic E-state index is 0.204. The monoisotopic (exact) mass is 400 g/mol. The molecule has 1 heterocycles. The molecule has 0 radical (unpaired) electrons. The molecular formula is C20H17ClN2O3S. The second-order valence-corrected chi connectivity index (χ2v) is 7.32. The molecule has 1 atom stereocenters. The molecule has 3 aromatic rings. The zero-order chi connectivity index (χ0) is 19.4. The Morgan fingerprint density at radius 1 is 1.19 bits per heavy atom. The summed E-state index contributed by atoms with van der Waals surface area (Å²) in [7, 11) is 0. The van der Waals surface area contributed by atoms with Crippen LogP contribution in [0.15, 0.2) is 53.9 Å². The third kappa shape index (κ3) is 4.72. The number of hydrogen-bond acceptors (Lipinski definition) is 4. The fourth-order valence-corrected chi connectivity index (χ4v) is 3.66. The summed E-state index contributed by atoms with van der Waals surface area (Å²) in [4.78, 5) is 28.3. The van der Waals surface area contributed by atoms with Gasteiger partial charge in [-0.2, -0.15) is 0 Å². The third-order valence-electron chi connectivity index (χ3n) is 4.08. The van der Waals surface area contributed by atoms with E-state index in [0.29, 0.717) is 10.0 Å². The van der Waals surface area contributed by atoms with Crippen molar-refractivity contribution in [1.82, 2.24) is 10.3 Å². The van der Waals surface area contributed by atoms with Gasteiger partial charge in [0.05, 0.1) is 12.5 Å². The molecule has 1 amide bonds. The maximum absolute atomic E-state index is 12.6. The number of carbonyl (C=O) groups excluding carboxylic acids is 1. The highest BCUT2D eigenvalue weighted by Crippen LogP contribution is 2.26. The first-order valence-electron chi connectivity index (χ1n) is 8.23. The van der Waals surface area contributed by atoms with E-state index in [4.69, 9.17) is 11.6 Å². The molecule has 0 spiro atoms. The molecule has 27 heavy (non-hydrogen) atoms. The van der Waals surface area contributed by atoms with Gasteiger partial charge in [0, 0.05) is 16.0 Å². The number of benzene rings is 2. The van der Waals surface area contributed by atoms with E-state index in [1.165, 1.54) is 11.3 Å². The van der Waals surface area contributed by atoms with Crippen molar-refractivity contribution < 1.29 is 14.7 Å². The van der Waals surface area contributed by atoms with Crippen LogP contribution >= 0.6 is 22.9 Å². The highest BCUT2D eigenvalue weighted by molar-refractivity contribution is 7.13. The van der Waals surface area contributed by atoms with Crippen molar-refractivity contribution in [1.29, 1.82) is 0 Å². The number of aryl methyl sites for hydroxylation is 1. The van der Waals surface area contributed by atoms with Crippen LogP contribution in [-0.2, 0) is 4.79 Å². The molecule has 0 unspecified atom stereocenters. The van der Waals surface area contributed by atoms with Crippen molar-refractivity contribution in [2.45, 2.75) is 19.4 Å². The lowest BCUT2D eigenvalue weighted by Gasteiger charge is -2.18. The Bertz CT molecular complexity index is 969. The average molecular weight is 401 g/mol. The number of amides is 1. The zero-order valence-electron chi connectivity index (χ0n) is 14.5. The number of nitrogens with zero attached hydrogens (tertiary/aromatic N) is 1. The first-order chi connectivity index (χ1) is 12.9. The normalized spacial score (nSPS) is 11.8. The summed E-state index contributed by atoms with van der Waals surface area (Å²) in [6.45, 7) is 1.89. The molecule has 3 rings (SSSR count). The summed E-state index contributed by atoms with van der Waals surface area (Å²) >= 11 is 7.24. The van der Waals surface area contributed by atoms with E-state index in [-0.39, 0.29) is 12.1 Å². The van der Waals surface area contributed by atoms with Gasteiger partial charge in [0.2, 0.25) is 0 Å². The first-order valence-corrected chi connectivity index (χ1v) is 9.49. The second kappa shape index (κ2) is 8.33. The number of carbonyl (C=O) groups is 2. The van der Waals surface area contributed by atoms with Crippen LogP contribution in [0.3, 0.4) is 0 Å². The van der Waals surface area contributed by atoms with E-state index in [0.717, 1.165) is 16.7 Å². The molecule has 0 saturated heterocycles. The molecule has 7 heteroatoms. The van der Waals surface area contributed by atoms with E-state index in [9.17, 15) is 14.7 Å². The number of carboxylic acid groups (broad SMARTS) is 1. The molecule has 0 saturated carbocycles. The molecule has 0 bridgehead atoms. The number of nitrogens with one attached hydrogen (secondary N) is 1. The van der Waals surface area contributed by atoms with E-state index >= 15 is 0 Å². The van der Waals surface area contributed by atoms with Crippen LogP contribution < -0.4 is 5.32 Å². The highest BCUT2D eigenvalue weighted by atomic mass is 35.5. The fourth-order valence-electron chi connectivity index (χ4n) is 2.73. The quantitative estimate of drug-likeness (QED) is 0.627. The number of aromatic nitrogens is 1. The van der Waals surface area contributed by atoms with Crippen molar-refractivity contribution in [3.05, 3.63) is 75.8 Å². The Morgan fingerprint density at radius 2 is 1.89 bits per heavy atom. The van der Waals surface area contributed by atoms with Gasteiger partial charge in [-0.3, -0.25) is 9.59 Å². The molecule has 0 aliphatic heterocycles. The van der Waals surface area contributed by atoms with Crippen molar-refractivity contribution in [2.24, 2.45) is 0 Å². The van der Waals surface area contributed by atoms with Crippen LogP contribution in [0.4, 0.5) is 0 Å². The number of thiazole rings is 1. The lowest BCUT2D eigenvalue weighted by Crippen LogP contribution is -2.30.